The number of anilines is 2. The number of carbonyl (C=O) groups excluding carboxylic acids is 1. The van der Waals surface area contributed by atoms with E-state index in [4.69, 9.17) is 10.5 Å². The highest BCUT2D eigenvalue weighted by Crippen LogP contribution is 2.30. The molecule has 0 aliphatic carbocycles. The smallest absolute Gasteiger partial charge is 0.340 e. The molecule has 5 heteroatoms. The first kappa shape index (κ1) is 15.6. The van der Waals surface area contributed by atoms with Crippen LogP contribution in [0.2, 0.25) is 0 Å². The van der Waals surface area contributed by atoms with Crippen LogP contribution < -0.4 is 10.6 Å². The van der Waals surface area contributed by atoms with Crippen molar-refractivity contribution in [3.05, 3.63) is 17.8 Å². The Kier molecular flexibility index (Phi) is 5.04. The van der Waals surface area contributed by atoms with Crippen molar-refractivity contribution in [1.82, 2.24) is 4.98 Å². The molecule has 2 heterocycles. The largest absolute Gasteiger partial charge is 0.465 e. The van der Waals surface area contributed by atoms with Gasteiger partial charge in [-0.15, -0.1) is 0 Å². The van der Waals surface area contributed by atoms with E-state index >= 15 is 0 Å². The molecule has 1 saturated heterocycles. The monoisotopic (exact) mass is 291 g/mol. The highest BCUT2D eigenvalue weighted by atomic mass is 16.5. The van der Waals surface area contributed by atoms with Gasteiger partial charge in [0.25, 0.3) is 0 Å². The van der Waals surface area contributed by atoms with E-state index in [1.807, 2.05) is 0 Å². The molecular weight excluding hydrogens is 266 g/mol. The van der Waals surface area contributed by atoms with Crippen LogP contribution in [-0.2, 0) is 4.74 Å². The van der Waals surface area contributed by atoms with Gasteiger partial charge in [-0.25, -0.2) is 9.78 Å². The topological polar surface area (TPSA) is 68.5 Å². The third-order valence-electron chi connectivity index (χ3n) is 4.39. The van der Waals surface area contributed by atoms with Gasteiger partial charge in [-0.2, -0.15) is 0 Å². The molecule has 1 fully saturated rings. The maximum absolute atomic E-state index is 11.7. The van der Waals surface area contributed by atoms with Gasteiger partial charge in [0.1, 0.15) is 0 Å². The number of rotatable bonds is 3. The highest BCUT2D eigenvalue weighted by molar-refractivity contribution is 5.97. The maximum atomic E-state index is 11.7. The number of esters is 1. The van der Waals surface area contributed by atoms with Crippen LogP contribution in [0.5, 0.6) is 0 Å². The second-order valence-electron chi connectivity index (χ2n) is 6.01. The molecule has 0 bridgehead atoms. The Morgan fingerprint density at radius 3 is 2.86 bits per heavy atom. The van der Waals surface area contributed by atoms with Crippen molar-refractivity contribution in [2.75, 3.05) is 30.8 Å². The molecule has 2 rings (SSSR count). The normalized spacial score (nSPS) is 19.4. The molecule has 116 valence electrons. The van der Waals surface area contributed by atoms with Crippen LogP contribution in [0.25, 0.3) is 0 Å². The molecule has 1 aromatic rings. The van der Waals surface area contributed by atoms with Gasteiger partial charge in [-0.05, 0) is 37.2 Å². The van der Waals surface area contributed by atoms with Gasteiger partial charge in [0.05, 0.1) is 18.4 Å². The molecule has 1 unspecified atom stereocenters. The van der Waals surface area contributed by atoms with Crippen LogP contribution in [0.15, 0.2) is 12.3 Å². The van der Waals surface area contributed by atoms with Crippen LogP contribution in [0.4, 0.5) is 11.5 Å². The van der Waals surface area contributed by atoms with Crippen molar-refractivity contribution in [2.45, 2.75) is 33.1 Å². The number of pyridine rings is 1. The Morgan fingerprint density at radius 2 is 2.19 bits per heavy atom. The standard InChI is InChI=1S/C16H25N3O2/c1-11(2)12-5-4-9-19(10-7-12)15-14(17)13(6-8-18-15)16(20)21-3/h6,8,11-12H,4-5,7,9-10,17H2,1-3H3. The summed E-state index contributed by atoms with van der Waals surface area (Å²) in [5, 5.41) is 0. The van der Waals surface area contributed by atoms with Crippen LogP contribution in [0.1, 0.15) is 43.5 Å². The molecule has 5 nitrogen and oxygen atoms in total. The maximum Gasteiger partial charge on any atom is 0.340 e. The summed E-state index contributed by atoms with van der Waals surface area (Å²) in [6.45, 7) is 6.44. The zero-order chi connectivity index (χ0) is 15.4. The first-order valence-electron chi connectivity index (χ1n) is 7.62. The fourth-order valence-electron chi connectivity index (χ4n) is 3.00. The quantitative estimate of drug-likeness (QED) is 0.867. The fraction of sp³-hybridized carbons (Fsp3) is 0.625. The summed E-state index contributed by atoms with van der Waals surface area (Å²) >= 11 is 0. The number of hydrogen-bond acceptors (Lipinski definition) is 5. The number of hydrogen-bond donors (Lipinski definition) is 1. The third-order valence-corrected chi connectivity index (χ3v) is 4.39. The molecule has 0 radical (unpaired) electrons. The molecular formula is C16H25N3O2. The summed E-state index contributed by atoms with van der Waals surface area (Å²) in [5.74, 6) is 1.75. The molecule has 2 N–H and O–H groups in total. The number of nitrogens with two attached hydrogens (primary N) is 1. The average Bonchev–Trinajstić information content (AvgIpc) is 2.72. The number of carbonyl (C=O) groups is 1. The van der Waals surface area contributed by atoms with Gasteiger partial charge in [0.2, 0.25) is 0 Å². The lowest BCUT2D eigenvalue weighted by atomic mass is 9.89. The number of nitrogens with zero attached hydrogens (tertiary/aromatic N) is 2. The molecule has 1 aromatic heterocycles. The van der Waals surface area contributed by atoms with E-state index in [-0.39, 0.29) is 0 Å². The van der Waals surface area contributed by atoms with Crippen molar-refractivity contribution in [3.63, 3.8) is 0 Å². The summed E-state index contributed by atoms with van der Waals surface area (Å²) in [6.07, 6.45) is 5.14. The highest BCUT2D eigenvalue weighted by Gasteiger charge is 2.23. The van der Waals surface area contributed by atoms with Gasteiger partial charge in [0.15, 0.2) is 5.82 Å². The number of methoxy groups -OCH3 is 1. The lowest BCUT2D eigenvalue weighted by molar-refractivity contribution is 0.0602. The third kappa shape index (κ3) is 3.46. The Labute approximate surface area is 126 Å². The van der Waals surface area contributed by atoms with E-state index in [9.17, 15) is 4.79 Å². The average molecular weight is 291 g/mol. The van der Waals surface area contributed by atoms with Crippen LogP contribution in [-0.4, -0.2) is 31.2 Å². The molecule has 1 aliphatic heterocycles. The van der Waals surface area contributed by atoms with Crippen molar-refractivity contribution in [2.24, 2.45) is 11.8 Å². The molecule has 1 atom stereocenters. The molecule has 21 heavy (non-hydrogen) atoms. The Hall–Kier alpha value is -1.78. The van der Waals surface area contributed by atoms with Gasteiger partial charge >= 0.3 is 5.97 Å². The predicted octanol–water partition coefficient (Wildman–Crippen LogP) is 2.71. The minimum Gasteiger partial charge on any atom is -0.465 e. The SMILES string of the molecule is COC(=O)c1ccnc(N2CCCC(C(C)C)CC2)c1N. The Balaban J connectivity index is 2.20. The minimum absolute atomic E-state index is 0.396. The van der Waals surface area contributed by atoms with Crippen molar-refractivity contribution >= 4 is 17.5 Å². The van der Waals surface area contributed by atoms with Crippen LogP contribution in [0, 0.1) is 11.8 Å². The molecule has 1 aliphatic rings. The molecule has 0 saturated carbocycles. The zero-order valence-electron chi connectivity index (χ0n) is 13.1. The second-order valence-corrected chi connectivity index (χ2v) is 6.01. The van der Waals surface area contributed by atoms with Crippen molar-refractivity contribution in [1.29, 1.82) is 0 Å². The minimum atomic E-state index is -0.411. The first-order valence-corrected chi connectivity index (χ1v) is 7.62. The van der Waals surface area contributed by atoms with E-state index in [0.717, 1.165) is 31.8 Å². The summed E-state index contributed by atoms with van der Waals surface area (Å²) < 4.78 is 4.77. The van der Waals surface area contributed by atoms with E-state index in [2.05, 4.69) is 23.7 Å². The Bertz CT molecular complexity index is 502. The van der Waals surface area contributed by atoms with Gasteiger partial charge in [-0.3, -0.25) is 0 Å². The molecule has 0 aromatic carbocycles. The number of nitrogen functional groups attached to an aromatic ring is 1. The molecule has 0 spiro atoms. The number of ether oxygens (including phenoxy) is 1. The Morgan fingerprint density at radius 1 is 1.43 bits per heavy atom. The van der Waals surface area contributed by atoms with E-state index in [1.165, 1.54) is 13.5 Å². The van der Waals surface area contributed by atoms with Crippen LogP contribution in [0.3, 0.4) is 0 Å². The first-order chi connectivity index (χ1) is 10.0. The predicted molar refractivity (Wildman–Crippen MR) is 84.4 cm³/mol. The number of aromatic nitrogens is 1. The van der Waals surface area contributed by atoms with Gasteiger partial charge in [-0.1, -0.05) is 13.8 Å². The lowest BCUT2D eigenvalue weighted by Gasteiger charge is -2.24. The van der Waals surface area contributed by atoms with Crippen LogP contribution >= 0.6 is 0 Å². The fourth-order valence-corrected chi connectivity index (χ4v) is 3.00. The zero-order valence-corrected chi connectivity index (χ0v) is 13.1. The molecule has 0 amide bonds. The summed E-state index contributed by atoms with van der Waals surface area (Å²) in [6, 6.07) is 1.61. The summed E-state index contributed by atoms with van der Waals surface area (Å²) in [7, 11) is 1.36. The second kappa shape index (κ2) is 6.78. The van der Waals surface area contributed by atoms with Gasteiger partial charge < -0.3 is 15.4 Å². The van der Waals surface area contributed by atoms with Crippen molar-refractivity contribution < 1.29 is 9.53 Å². The van der Waals surface area contributed by atoms with Crippen molar-refractivity contribution in [3.8, 4) is 0 Å². The lowest BCUT2D eigenvalue weighted by Crippen LogP contribution is -2.27. The summed E-state index contributed by atoms with van der Waals surface area (Å²) in [5.41, 5.74) is 6.95. The summed E-state index contributed by atoms with van der Waals surface area (Å²) in [4.78, 5) is 18.3. The van der Waals surface area contributed by atoms with E-state index in [1.54, 1.807) is 12.3 Å². The van der Waals surface area contributed by atoms with E-state index in [0.29, 0.717) is 23.0 Å². The van der Waals surface area contributed by atoms with Gasteiger partial charge in [0, 0.05) is 19.3 Å². The van der Waals surface area contributed by atoms with E-state index < -0.39 is 5.97 Å².